The molecule has 1 aromatic heterocycles. The number of pyridine rings is 1. The van der Waals surface area contributed by atoms with Gasteiger partial charge in [-0.1, -0.05) is 19.1 Å². The number of hydrogen-bond donors (Lipinski definition) is 1. The molecule has 2 aromatic rings. The third-order valence-electron chi connectivity index (χ3n) is 5.92. The molecular weight excluding hydrogens is 410 g/mol. The molecule has 0 fully saturated rings. The van der Waals surface area contributed by atoms with Crippen molar-refractivity contribution in [1.29, 1.82) is 0 Å². The highest BCUT2D eigenvalue weighted by atomic mass is 16.5. The Hall–Kier alpha value is -3.13. The van der Waals surface area contributed by atoms with Gasteiger partial charge in [0.1, 0.15) is 17.4 Å². The molecule has 3 rings (SSSR count). The molecule has 1 aliphatic heterocycles. The van der Waals surface area contributed by atoms with Crippen molar-refractivity contribution in [3.05, 3.63) is 42.1 Å². The van der Waals surface area contributed by atoms with Crippen molar-refractivity contribution in [1.82, 2.24) is 14.8 Å². The lowest BCUT2D eigenvalue weighted by molar-refractivity contribution is -0.129. The lowest BCUT2D eigenvalue weighted by atomic mass is 9.99. The van der Waals surface area contributed by atoms with Gasteiger partial charge in [0.25, 0.3) is 5.91 Å². The Kier molecular flexibility index (Phi) is 7.35. The second-order valence-corrected chi connectivity index (χ2v) is 8.33. The summed E-state index contributed by atoms with van der Waals surface area (Å²) in [7, 11) is 3.32. The van der Waals surface area contributed by atoms with Gasteiger partial charge < -0.3 is 24.4 Å². The monoisotopic (exact) mass is 441 g/mol. The van der Waals surface area contributed by atoms with E-state index < -0.39 is 0 Å². The largest absolute Gasteiger partial charge is 0.497 e. The summed E-state index contributed by atoms with van der Waals surface area (Å²) in [5.41, 5.74) is 1.94. The van der Waals surface area contributed by atoms with Crippen molar-refractivity contribution >= 4 is 11.8 Å². The quantitative estimate of drug-likeness (QED) is 0.740. The average molecular weight is 442 g/mol. The Morgan fingerprint density at radius 3 is 2.78 bits per heavy atom. The van der Waals surface area contributed by atoms with Gasteiger partial charge in [0, 0.05) is 38.2 Å². The first kappa shape index (κ1) is 23.5. The molecule has 32 heavy (non-hydrogen) atoms. The minimum atomic E-state index is -0.373. The predicted octanol–water partition coefficient (Wildman–Crippen LogP) is 2.46. The Morgan fingerprint density at radius 1 is 1.38 bits per heavy atom. The zero-order valence-corrected chi connectivity index (χ0v) is 19.2. The maximum atomic E-state index is 13.5. The first-order valence-electron chi connectivity index (χ1n) is 10.7. The maximum absolute atomic E-state index is 13.5. The van der Waals surface area contributed by atoms with E-state index in [2.05, 4.69) is 4.98 Å². The smallest absolute Gasteiger partial charge is 0.259 e. The van der Waals surface area contributed by atoms with Crippen molar-refractivity contribution in [2.24, 2.45) is 5.92 Å². The predicted molar refractivity (Wildman–Crippen MR) is 121 cm³/mol. The molecule has 0 radical (unpaired) electrons. The van der Waals surface area contributed by atoms with Crippen LogP contribution >= 0.6 is 0 Å². The van der Waals surface area contributed by atoms with Crippen LogP contribution in [0.1, 0.15) is 31.1 Å². The van der Waals surface area contributed by atoms with E-state index in [1.54, 1.807) is 36.2 Å². The first-order valence-corrected chi connectivity index (χ1v) is 10.7. The van der Waals surface area contributed by atoms with Crippen LogP contribution in [0.3, 0.4) is 0 Å². The number of amides is 2. The number of ether oxygens (including phenoxy) is 2. The van der Waals surface area contributed by atoms with Crippen LogP contribution in [-0.4, -0.2) is 77.7 Å². The number of aliphatic hydroxyl groups excluding tert-OH is 1. The van der Waals surface area contributed by atoms with Crippen LogP contribution in [0, 0.1) is 5.92 Å². The number of benzene rings is 1. The number of aromatic nitrogens is 1. The van der Waals surface area contributed by atoms with Crippen LogP contribution in [0.25, 0.3) is 11.1 Å². The van der Waals surface area contributed by atoms with Crippen LogP contribution in [0.4, 0.5) is 0 Å². The Morgan fingerprint density at radius 2 is 2.12 bits per heavy atom. The molecule has 0 unspecified atom stereocenters. The molecule has 0 bridgehead atoms. The number of likely N-dealkylation sites (N-methyl/N-ethyl adjacent to an activating group) is 1. The number of carbonyl (C=O) groups is 2. The molecule has 2 heterocycles. The number of nitrogens with zero attached hydrogens (tertiary/aromatic N) is 3. The lowest BCUT2D eigenvalue weighted by Gasteiger charge is -2.37. The van der Waals surface area contributed by atoms with Crippen LogP contribution in [0.15, 0.2) is 36.5 Å². The van der Waals surface area contributed by atoms with Gasteiger partial charge in [-0.3, -0.25) is 9.59 Å². The Labute approximate surface area is 188 Å². The number of fused-ring (bicyclic) bond motifs is 1. The van der Waals surface area contributed by atoms with Crippen LogP contribution in [0.2, 0.25) is 0 Å². The van der Waals surface area contributed by atoms with Gasteiger partial charge in [-0.15, -0.1) is 0 Å². The molecule has 8 heteroatoms. The number of hydrogen-bond acceptors (Lipinski definition) is 6. The van der Waals surface area contributed by atoms with Gasteiger partial charge in [-0.05, 0) is 30.7 Å². The number of methoxy groups -OCH3 is 1. The number of aliphatic hydroxyl groups is 1. The fourth-order valence-electron chi connectivity index (χ4n) is 3.68. The summed E-state index contributed by atoms with van der Waals surface area (Å²) in [5, 5.41) is 9.77. The van der Waals surface area contributed by atoms with Gasteiger partial charge in [-0.25, -0.2) is 4.98 Å². The first-order chi connectivity index (χ1) is 15.2. The van der Waals surface area contributed by atoms with E-state index >= 15 is 0 Å². The van der Waals surface area contributed by atoms with Gasteiger partial charge in [0.2, 0.25) is 11.8 Å². The summed E-state index contributed by atoms with van der Waals surface area (Å²) in [6.07, 6.45) is 1.30. The molecule has 2 amide bonds. The molecule has 3 atom stereocenters. The van der Waals surface area contributed by atoms with E-state index in [-0.39, 0.29) is 42.4 Å². The topological polar surface area (TPSA) is 92.2 Å². The van der Waals surface area contributed by atoms with Gasteiger partial charge in [0.15, 0.2) is 0 Å². The van der Waals surface area contributed by atoms with E-state index in [1.165, 1.54) is 6.92 Å². The van der Waals surface area contributed by atoms with Crippen LogP contribution < -0.4 is 9.47 Å². The summed E-state index contributed by atoms with van der Waals surface area (Å²) in [6.45, 7) is 5.88. The van der Waals surface area contributed by atoms with Crippen molar-refractivity contribution in [3.8, 4) is 22.8 Å². The van der Waals surface area contributed by atoms with Crippen molar-refractivity contribution < 1.29 is 24.2 Å². The highest BCUT2D eigenvalue weighted by molar-refractivity contribution is 5.98. The van der Waals surface area contributed by atoms with Gasteiger partial charge in [-0.2, -0.15) is 0 Å². The molecule has 0 saturated carbocycles. The summed E-state index contributed by atoms with van der Waals surface area (Å²) in [4.78, 5) is 33.0. The molecule has 0 saturated heterocycles. The van der Waals surface area contributed by atoms with Crippen molar-refractivity contribution in [2.75, 3.05) is 33.9 Å². The van der Waals surface area contributed by atoms with E-state index in [4.69, 9.17) is 9.47 Å². The van der Waals surface area contributed by atoms with E-state index in [0.717, 1.165) is 11.1 Å². The number of rotatable bonds is 6. The molecule has 8 nitrogen and oxygen atoms in total. The SMILES string of the molecule is COc1cccc(-c2cnc3c(c2)C(=O)N([C@H](C)CO)C[C@@H](C)[C@H](CN(C)C(C)=O)O3)c1. The second kappa shape index (κ2) is 9.99. The fourth-order valence-corrected chi connectivity index (χ4v) is 3.68. The summed E-state index contributed by atoms with van der Waals surface area (Å²) in [6, 6.07) is 8.90. The normalized spacial score (nSPS) is 19.3. The zero-order chi connectivity index (χ0) is 23.4. The standard InChI is InChI=1S/C24H31N3O5/c1-15-12-27(16(2)14-28)24(30)21-10-19(18-7-6-8-20(9-18)31-5)11-25-23(21)32-22(15)13-26(4)17(3)29/h6-11,15-16,22,28H,12-14H2,1-5H3/t15-,16-,22+/m1/s1. The minimum absolute atomic E-state index is 0.0685. The zero-order valence-electron chi connectivity index (χ0n) is 19.2. The molecule has 1 aliphatic rings. The average Bonchev–Trinajstić information content (AvgIpc) is 2.80. The molecular formula is C24H31N3O5. The minimum Gasteiger partial charge on any atom is -0.497 e. The Balaban J connectivity index is 2.06. The molecule has 1 N–H and O–H groups in total. The van der Waals surface area contributed by atoms with Crippen LogP contribution in [-0.2, 0) is 4.79 Å². The third-order valence-corrected chi connectivity index (χ3v) is 5.92. The molecule has 1 aromatic carbocycles. The van der Waals surface area contributed by atoms with E-state index in [9.17, 15) is 14.7 Å². The van der Waals surface area contributed by atoms with Crippen molar-refractivity contribution in [3.63, 3.8) is 0 Å². The molecule has 172 valence electrons. The Bertz CT molecular complexity index is 980. The van der Waals surface area contributed by atoms with E-state index in [1.807, 2.05) is 38.1 Å². The highest BCUT2D eigenvalue weighted by Crippen LogP contribution is 2.31. The maximum Gasteiger partial charge on any atom is 0.259 e. The fraction of sp³-hybridized carbons (Fsp3) is 0.458. The summed E-state index contributed by atoms with van der Waals surface area (Å²) >= 11 is 0. The lowest BCUT2D eigenvalue weighted by Crippen LogP contribution is -2.50. The van der Waals surface area contributed by atoms with Crippen LogP contribution in [0.5, 0.6) is 11.6 Å². The number of carbonyl (C=O) groups excluding carboxylic acids is 2. The summed E-state index contributed by atoms with van der Waals surface area (Å²) < 4.78 is 11.5. The molecule has 0 aliphatic carbocycles. The van der Waals surface area contributed by atoms with E-state index in [0.29, 0.717) is 24.4 Å². The van der Waals surface area contributed by atoms with Gasteiger partial charge >= 0.3 is 0 Å². The third kappa shape index (κ3) is 5.02. The highest BCUT2D eigenvalue weighted by Gasteiger charge is 2.34. The summed E-state index contributed by atoms with van der Waals surface area (Å²) in [5.74, 6) is 0.534. The van der Waals surface area contributed by atoms with Gasteiger partial charge in [0.05, 0.1) is 26.3 Å². The molecule has 0 spiro atoms. The van der Waals surface area contributed by atoms with Crippen molar-refractivity contribution in [2.45, 2.75) is 32.9 Å². The second-order valence-electron chi connectivity index (χ2n) is 8.33.